The largest absolute Gasteiger partial charge is 0.466 e. The van der Waals surface area contributed by atoms with Crippen LogP contribution in [0.15, 0.2) is 34.9 Å². The van der Waals surface area contributed by atoms with Crippen molar-refractivity contribution in [1.29, 1.82) is 0 Å². The zero-order valence-electron chi connectivity index (χ0n) is 14.1. The van der Waals surface area contributed by atoms with E-state index < -0.39 is 0 Å². The van der Waals surface area contributed by atoms with E-state index in [-0.39, 0.29) is 11.9 Å². The summed E-state index contributed by atoms with van der Waals surface area (Å²) < 4.78 is 10.9. The Bertz CT molecular complexity index is 678. The molecule has 1 N–H and O–H groups in total. The highest BCUT2D eigenvalue weighted by Gasteiger charge is 2.24. The van der Waals surface area contributed by atoms with E-state index in [0.717, 1.165) is 24.5 Å². The van der Waals surface area contributed by atoms with Crippen LogP contribution >= 0.6 is 0 Å². The van der Waals surface area contributed by atoms with E-state index in [2.05, 4.69) is 15.2 Å². The molecule has 0 unspecified atom stereocenters. The topological polar surface area (TPSA) is 67.6 Å². The van der Waals surface area contributed by atoms with Crippen LogP contribution in [-0.2, 0) is 4.74 Å². The first-order valence-corrected chi connectivity index (χ1v) is 8.23. The summed E-state index contributed by atoms with van der Waals surface area (Å²) in [6.45, 7) is 7.23. The molecule has 3 heterocycles. The third-order valence-corrected chi connectivity index (χ3v) is 4.26. The van der Waals surface area contributed by atoms with Crippen molar-refractivity contribution in [3.63, 3.8) is 0 Å². The highest BCUT2D eigenvalue weighted by molar-refractivity contribution is 5.95. The van der Waals surface area contributed by atoms with Gasteiger partial charge in [0.25, 0.3) is 5.91 Å². The van der Waals surface area contributed by atoms with Crippen LogP contribution < -0.4 is 5.32 Å². The Balaban J connectivity index is 1.72. The summed E-state index contributed by atoms with van der Waals surface area (Å²) in [5.41, 5.74) is 1.55. The third-order valence-electron chi connectivity index (χ3n) is 4.26. The van der Waals surface area contributed by atoms with Gasteiger partial charge >= 0.3 is 0 Å². The summed E-state index contributed by atoms with van der Waals surface area (Å²) in [6.07, 6.45) is 1.79. The fraction of sp³-hybridized carbons (Fsp3) is 0.444. The average Bonchev–Trinajstić information content (AvgIpc) is 2.95. The maximum absolute atomic E-state index is 12.5. The number of amides is 1. The number of rotatable bonds is 5. The number of nitrogens with zero attached hydrogens (tertiary/aromatic N) is 2. The highest BCUT2D eigenvalue weighted by atomic mass is 16.5. The van der Waals surface area contributed by atoms with Crippen molar-refractivity contribution in [2.24, 2.45) is 0 Å². The van der Waals surface area contributed by atoms with Gasteiger partial charge in [-0.2, -0.15) is 0 Å². The molecule has 6 nitrogen and oxygen atoms in total. The summed E-state index contributed by atoms with van der Waals surface area (Å²) >= 11 is 0. The number of pyridine rings is 1. The predicted molar refractivity (Wildman–Crippen MR) is 89.9 cm³/mol. The fourth-order valence-corrected chi connectivity index (χ4v) is 3.02. The number of aromatic nitrogens is 1. The van der Waals surface area contributed by atoms with Gasteiger partial charge in [0.2, 0.25) is 0 Å². The van der Waals surface area contributed by atoms with Gasteiger partial charge in [-0.25, -0.2) is 0 Å². The summed E-state index contributed by atoms with van der Waals surface area (Å²) in [4.78, 5) is 19.2. The monoisotopic (exact) mass is 329 g/mol. The Morgan fingerprint density at radius 2 is 2.12 bits per heavy atom. The van der Waals surface area contributed by atoms with Crippen molar-refractivity contribution in [1.82, 2.24) is 15.2 Å². The Hall–Kier alpha value is -2.18. The molecule has 2 aromatic rings. The molecule has 0 aliphatic carbocycles. The standard InChI is InChI=1S/C18H23N3O3/c1-13-11-15(14(2)24-13)18(22)20-12-17(16-5-3-4-6-19-16)21-7-9-23-10-8-21/h3-6,11,17H,7-10,12H2,1-2H3,(H,20,22)/t17-/m1/s1. The molecule has 128 valence electrons. The molecule has 1 aliphatic rings. The molecule has 0 radical (unpaired) electrons. The van der Waals surface area contributed by atoms with E-state index in [1.165, 1.54) is 0 Å². The van der Waals surface area contributed by atoms with Crippen LogP contribution in [0.3, 0.4) is 0 Å². The van der Waals surface area contributed by atoms with Crippen molar-refractivity contribution in [3.8, 4) is 0 Å². The molecule has 0 spiro atoms. The number of ether oxygens (including phenoxy) is 1. The van der Waals surface area contributed by atoms with Crippen LogP contribution in [0.2, 0.25) is 0 Å². The first kappa shape index (κ1) is 16.7. The molecule has 1 saturated heterocycles. The number of hydrogen-bond donors (Lipinski definition) is 1. The van der Waals surface area contributed by atoms with Crippen LogP contribution in [0.25, 0.3) is 0 Å². The van der Waals surface area contributed by atoms with Gasteiger partial charge in [-0.1, -0.05) is 6.07 Å². The zero-order valence-corrected chi connectivity index (χ0v) is 14.1. The lowest BCUT2D eigenvalue weighted by Gasteiger charge is -2.34. The SMILES string of the molecule is Cc1cc(C(=O)NC[C@H](c2ccccn2)N2CCOCC2)c(C)o1. The van der Waals surface area contributed by atoms with Gasteiger partial charge in [-0.15, -0.1) is 0 Å². The lowest BCUT2D eigenvalue weighted by molar-refractivity contribution is 0.0154. The Labute approximate surface area is 141 Å². The molecule has 1 amide bonds. The molecule has 1 fully saturated rings. The lowest BCUT2D eigenvalue weighted by atomic mass is 10.1. The normalized spacial score (nSPS) is 16.8. The molecule has 6 heteroatoms. The molecule has 1 aliphatic heterocycles. The van der Waals surface area contributed by atoms with Crippen LogP contribution in [0.4, 0.5) is 0 Å². The molecular weight excluding hydrogens is 306 g/mol. The smallest absolute Gasteiger partial charge is 0.254 e. The number of morpholine rings is 1. The number of carbonyl (C=O) groups excluding carboxylic acids is 1. The second-order valence-corrected chi connectivity index (χ2v) is 5.96. The fourth-order valence-electron chi connectivity index (χ4n) is 3.02. The summed E-state index contributed by atoms with van der Waals surface area (Å²) in [7, 11) is 0. The maximum atomic E-state index is 12.5. The zero-order chi connectivity index (χ0) is 16.9. The van der Waals surface area contributed by atoms with Crippen molar-refractivity contribution in [3.05, 3.63) is 53.2 Å². The molecule has 1 atom stereocenters. The predicted octanol–water partition coefficient (Wildman–Crippen LogP) is 2.09. The quantitative estimate of drug-likeness (QED) is 0.910. The minimum absolute atomic E-state index is 0.0346. The van der Waals surface area contributed by atoms with E-state index in [1.807, 2.05) is 25.1 Å². The first-order chi connectivity index (χ1) is 11.6. The van der Waals surface area contributed by atoms with Gasteiger partial charge in [0.15, 0.2) is 0 Å². The Morgan fingerprint density at radius 3 is 2.75 bits per heavy atom. The van der Waals surface area contributed by atoms with E-state index in [1.54, 1.807) is 19.2 Å². The van der Waals surface area contributed by atoms with Crippen LogP contribution in [0.5, 0.6) is 0 Å². The van der Waals surface area contributed by atoms with E-state index >= 15 is 0 Å². The molecule has 0 bridgehead atoms. The summed E-state index contributed by atoms with van der Waals surface area (Å²) in [5, 5.41) is 3.03. The van der Waals surface area contributed by atoms with Crippen LogP contribution in [0.1, 0.15) is 33.6 Å². The molecule has 0 aromatic carbocycles. The lowest BCUT2D eigenvalue weighted by Crippen LogP contribution is -2.44. The van der Waals surface area contributed by atoms with Gasteiger partial charge in [-0.3, -0.25) is 14.7 Å². The van der Waals surface area contributed by atoms with Gasteiger partial charge in [0.1, 0.15) is 11.5 Å². The highest BCUT2D eigenvalue weighted by Crippen LogP contribution is 2.20. The van der Waals surface area contributed by atoms with Gasteiger partial charge in [0, 0.05) is 25.8 Å². The number of furan rings is 1. The number of carbonyl (C=O) groups is 1. The average molecular weight is 329 g/mol. The number of aryl methyl sites for hydroxylation is 2. The minimum atomic E-state index is -0.112. The van der Waals surface area contributed by atoms with Crippen molar-refractivity contribution in [2.75, 3.05) is 32.8 Å². The molecule has 3 rings (SSSR count). The van der Waals surface area contributed by atoms with E-state index in [0.29, 0.717) is 31.1 Å². The first-order valence-electron chi connectivity index (χ1n) is 8.23. The molecule has 24 heavy (non-hydrogen) atoms. The van der Waals surface area contributed by atoms with Gasteiger partial charge in [-0.05, 0) is 32.0 Å². The van der Waals surface area contributed by atoms with Gasteiger partial charge in [0.05, 0.1) is 30.5 Å². The number of hydrogen-bond acceptors (Lipinski definition) is 5. The van der Waals surface area contributed by atoms with Crippen LogP contribution in [0, 0.1) is 13.8 Å². The molecular formula is C18H23N3O3. The van der Waals surface area contributed by atoms with Crippen LogP contribution in [-0.4, -0.2) is 48.6 Å². The second-order valence-electron chi connectivity index (χ2n) is 5.96. The Kier molecular flexibility index (Phi) is 5.27. The van der Waals surface area contributed by atoms with Crippen molar-refractivity contribution in [2.45, 2.75) is 19.9 Å². The van der Waals surface area contributed by atoms with Crippen molar-refractivity contribution < 1.29 is 13.9 Å². The summed E-state index contributed by atoms with van der Waals surface area (Å²) in [6, 6.07) is 7.68. The maximum Gasteiger partial charge on any atom is 0.254 e. The Morgan fingerprint density at radius 1 is 1.33 bits per heavy atom. The minimum Gasteiger partial charge on any atom is -0.466 e. The van der Waals surface area contributed by atoms with Crippen molar-refractivity contribution >= 4 is 5.91 Å². The molecule has 2 aromatic heterocycles. The van der Waals surface area contributed by atoms with Gasteiger partial charge < -0.3 is 14.5 Å². The van der Waals surface area contributed by atoms with E-state index in [4.69, 9.17) is 9.15 Å². The molecule has 0 saturated carbocycles. The number of nitrogens with one attached hydrogen (secondary N) is 1. The third kappa shape index (κ3) is 3.83. The summed E-state index contributed by atoms with van der Waals surface area (Å²) in [5.74, 6) is 1.27. The van der Waals surface area contributed by atoms with E-state index in [9.17, 15) is 4.79 Å². The second kappa shape index (κ2) is 7.59.